The molecule has 4 heteroatoms. The monoisotopic (exact) mass is 241 g/mol. The van der Waals surface area contributed by atoms with E-state index in [-0.39, 0.29) is 0 Å². The lowest BCUT2D eigenvalue weighted by Crippen LogP contribution is -2.38. The molecule has 16 heavy (non-hydrogen) atoms. The van der Waals surface area contributed by atoms with Crippen LogP contribution in [-0.2, 0) is 6.54 Å². The Balaban J connectivity index is 2.45. The van der Waals surface area contributed by atoms with Gasteiger partial charge in [0.25, 0.3) is 0 Å². The van der Waals surface area contributed by atoms with Gasteiger partial charge in [-0.1, -0.05) is 0 Å². The van der Waals surface area contributed by atoms with E-state index in [2.05, 4.69) is 48.8 Å². The Hall–Kier alpha value is -0.480. The first-order chi connectivity index (χ1) is 7.54. The maximum absolute atomic E-state index is 4.32. The second-order valence-electron chi connectivity index (χ2n) is 4.49. The largest absolute Gasteiger partial charge is 0.333 e. The van der Waals surface area contributed by atoms with Gasteiger partial charge in [-0.25, -0.2) is 4.98 Å². The zero-order valence-corrected chi connectivity index (χ0v) is 11.8. The van der Waals surface area contributed by atoms with Crippen LogP contribution in [0.3, 0.4) is 0 Å². The Morgan fingerprint density at radius 1 is 1.38 bits per heavy atom. The van der Waals surface area contributed by atoms with Crippen molar-refractivity contribution in [3.05, 3.63) is 17.7 Å². The minimum Gasteiger partial charge on any atom is -0.333 e. The second kappa shape index (κ2) is 6.30. The average molecular weight is 241 g/mol. The summed E-state index contributed by atoms with van der Waals surface area (Å²) in [5.41, 5.74) is 2.40. The van der Waals surface area contributed by atoms with E-state index in [0.717, 1.165) is 18.0 Å². The van der Waals surface area contributed by atoms with Crippen molar-refractivity contribution in [3.63, 3.8) is 0 Å². The molecule has 1 N–H and O–H groups in total. The first-order valence-electron chi connectivity index (χ1n) is 5.78. The van der Waals surface area contributed by atoms with Crippen molar-refractivity contribution in [1.29, 1.82) is 0 Å². The molecule has 92 valence electrons. The molecule has 1 aromatic heterocycles. The lowest BCUT2D eigenvalue weighted by molar-refractivity contribution is 0.438. The number of aryl methyl sites for hydroxylation is 1. The van der Waals surface area contributed by atoms with E-state index in [1.54, 1.807) is 0 Å². The number of nitrogens with one attached hydrogen (secondary N) is 1. The van der Waals surface area contributed by atoms with Crippen molar-refractivity contribution in [3.8, 4) is 0 Å². The topological polar surface area (TPSA) is 29.9 Å². The van der Waals surface area contributed by atoms with Gasteiger partial charge in [0, 0.05) is 30.1 Å². The maximum atomic E-state index is 4.32. The fourth-order valence-corrected chi connectivity index (χ4v) is 2.46. The van der Waals surface area contributed by atoms with Gasteiger partial charge in [0.15, 0.2) is 0 Å². The van der Waals surface area contributed by atoms with Gasteiger partial charge in [0.1, 0.15) is 0 Å². The summed E-state index contributed by atoms with van der Waals surface area (Å²) in [6, 6.07) is 1.05. The summed E-state index contributed by atoms with van der Waals surface area (Å²) < 4.78 is 2.22. The van der Waals surface area contributed by atoms with Crippen LogP contribution in [0.1, 0.15) is 25.2 Å². The molecule has 3 nitrogen and oxygen atoms in total. The van der Waals surface area contributed by atoms with Crippen LogP contribution in [0.15, 0.2) is 6.33 Å². The lowest BCUT2D eigenvalue weighted by Gasteiger charge is -2.20. The van der Waals surface area contributed by atoms with Crippen LogP contribution >= 0.6 is 11.8 Å². The normalized spacial score (nSPS) is 15.1. The minimum atomic E-state index is 0.481. The van der Waals surface area contributed by atoms with Crippen LogP contribution in [0.2, 0.25) is 0 Å². The Bertz CT molecular complexity index is 322. The molecule has 0 aliphatic heterocycles. The first-order valence-corrected chi connectivity index (χ1v) is 7.17. The Kier molecular flexibility index (Phi) is 5.35. The third-order valence-corrected chi connectivity index (χ3v) is 3.63. The predicted octanol–water partition coefficient (Wildman–Crippen LogP) is 2.23. The molecule has 0 saturated carbocycles. The number of imidazole rings is 1. The zero-order chi connectivity index (χ0) is 12.1. The molecular formula is C12H23N3S. The van der Waals surface area contributed by atoms with Gasteiger partial charge in [-0.3, -0.25) is 0 Å². The van der Waals surface area contributed by atoms with Gasteiger partial charge in [-0.05, 0) is 34.0 Å². The van der Waals surface area contributed by atoms with E-state index in [4.69, 9.17) is 0 Å². The van der Waals surface area contributed by atoms with E-state index >= 15 is 0 Å². The van der Waals surface area contributed by atoms with Crippen molar-refractivity contribution in [2.75, 3.05) is 12.0 Å². The first kappa shape index (κ1) is 13.6. The fraction of sp³-hybridized carbons (Fsp3) is 0.750. The third-order valence-electron chi connectivity index (χ3n) is 2.80. The molecule has 0 fully saturated rings. The summed E-state index contributed by atoms with van der Waals surface area (Å²) >= 11 is 1.88. The standard InChI is InChI=1S/C12H23N3S/c1-9(14-10(2)7-16-5)6-15-8-13-11(3)12(15)4/h8-10,14H,6-7H2,1-5H3. The smallest absolute Gasteiger partial charge is 0.0951 e. The molecule has 0 radical (unpaired) electrons. The van der Waals surface area contributed by atoms with Crippen LogP contribution < -0.4 is 5.32 Å². The Morgan fingerprint density at radius 2 is 2.06 bits per heavy atom. The summed E-state index contributed by atoms with van der Waals surface area (Å²) in [7, 11) is 0. The Morgan fingerprint density at radius 3 is 2.56 bits per heavy atom. The minimum absolute atomic E-state index is 0.481. The summed E-state index contributed by atoms with van der Waals surface area (Å²) in [4.78, 5) is 4.32. The van der Waals surface area contributed by atoms with Crippen LogP contribution in [0, 0.1) is 13.8 Å². The van der Waals surface area contributed by atoms with Gasteiger partial charge in [0.2, 0.25) is 0 Å². The summed E-state index contributed by atoms with van der Waals surface area (Å²) in [5.74, 6) is 1.16. The van der Waals surface area contributed by atoms with Crippen molar-refractivity contribution in [2.24, 2.45) is 0 Å². The molecule has 1 heterocycles. The molecule has 1 aromatic rings. The highest BCUT2D eigenvalue weighted by Crippen LogP contribution is 2.06. The summed E-state index contributed by atoms with van der Waals surface area (Å²) in [6.07, 6.45) is 4.08. The highest BCUT2D eigenvalue weighted by atomic mass is 32.2. The molecular weight excluding hydrogens is 218 g/mol. The van der Waals surface area contributed by atoms with Gasteiger partial charge in [-0.15, -0.1) is 0 Å². The highest BCUT2D eigenvalue weighted by molar-refractivity contribution is 7.98. The van der Waals surface area contributed by atoms with Crippen molar-refractivity contribution >= 4 is 11.8 Å². The van der Waals surface area contributed by atoms with E-state index in [0.29, 0.717) is 12.1 Å². The number of hydrogen-bond acceptors (Lipinski definition) is 3. The SMILES string of the molecule is CSCC(C)NC(C)Cn1cnc(C)c1C. The quantitative estimate of drug-likeness (QED) is 0.828. The number of nitrogens with zero attached hydrogens (tertiary/aromatic N) is 2. The van der Waals surface area contributed by atoms with Crippen LogP contribution in [-0.4, -0.2) is 33.6 Å². The van der Waals surface area contributed by atoms with Crippen LogP contribution in [0.5, 0.6) is 0 Å². The molecule has 0 aliphatic rings. The van der Waals surface area contributed by atoms with Crippen molar-refractivity contribution in [2.45, 2.75) is 46.3 Å². The van der Waals surface area contributed by atoms with Gasteiger partial charge in [-0.2, -0.15) is 11.8 Å². The third kappa shape index (κ3) is 3.83. The van der Waals surface area contributed by atoms with Gasteiger partial charge in [0.05, 0.1) is 12.0 Å². The molecule has 1 rings (SSSR count). The second-order valence-corrected chi connectivity index (χ2v) is 5.40. The molecule has 0 saturated heterocycles. The molecule has 0 aromatic carbocycles. The lowest BCUT2D eigenvalue weighted by atomic mass is 10.2. The molecule has 2 atom stereocenters. The van der Waals surface area contributed by atoms with Crippen molar-refractivity contribution in [1.82, 2.24) is 14.9 Å². The fourth-order valence-electron chi connectivity index (χ4n) is 1.86. The average Bonchev–Trinajstić information content (AvgIpc) is 2.50. The van der Waals surface area contributed by atoms with Crippen molar-refractivity contribution < 1.29 is 0 Å². The van der Waals surface area contributed by atoms with E-state index < -0.39 is 0 Å². The number of hydrogen-bond donors (Lipinski definition) is 1. The summed E-state index contributed by atoms with van der Waals surface area (Å²) in [5, 5.41) is 3.60. The Labute approximate surface area is 103 Å². The van der Waals surface area contributed by atoms with E-state index in [9.17, 15) is 0 Å². The van der Waals surface area contributed by atoms with E-state index in [1.807, 2.05) is 18.1 Å². The van der Waals surface area contributed by atoms with Gasteiger partial charge >= 0.3 is 0 Å². The molecule has 0 aliphatic carbocycles. The molecule has 2 unspecified atom stereocenters. The maximum Gasteiger partial charge on any atom is 0.0951 e. The predicted molar refractivity (Wildman–Crippen MR) is 72.1 cm³/mol. The molecule has 0 spiro atoms. The summed E-state index contributed by atoms with van der Waals surface area (Å²) in [6.45, 7) is 9.64. The van der Waals surface area contributed by atoms with E-state index in [1.165, 1.54) is 5.69 Å². The number of aromatic nitrogens is 2. The highest BCUT2D eigenvalue weighted by Gasteiger charge is 2.09. The molecule has 0 amide bonds. The van der Waals surface area contributed by atoms with Crippen LogP contribution in [0.4, 0.5) is 0 Å². The van der Waals surface area contributed by atoms with Crippen LogP contribution in [0.25, 0.3) is 0 Å². The number of thioether (sulfide) groups is 1. The van der Waals surface area contributed by atoms with Gasteiger partial charge < -0.3 is 9.88 Å². The molecule has 0 bridgehead atoms. The number of rotatable bonds is 6. The zero-order valence-electron chi connectivity index (χ0n) is 10.9.